The molecule has 0 radical (unpaired) electrons. The normalized spacial score (nSPS) is 10.6. The van der Waals surface area contributed by atoms with Crippen molar-refractivity contribution in [3.8, 4) is 11.3 Å². The zero-order valence-electron chi connectivity index (χ0n) is 15.1. The standard InChI is InChI=1S/C19H17Cl2N5O.ClH/c1-26(2)16-5-3-12(4-6-16)11-22-25-19(27)18-10-17(23-24-18)13-7-14(20)9-15(21)8-13;/h3-11H,1-2H3,(H,23,24)(H,25,27);1H/b22-11+;. The van der Waals surface area contributed by atoms with E-state index < -0.39 is 5.91 Å². The van der Waals surface area contributed by atoms with E-state index in [1.54, 1.807) is 30.5 Å². The summed E-state index contributed by atoms with van der Waals surface area (Å²) in [6.07, 6.45) is 1.57. The lowest BCUT2D eigenvalue weighted by atomic mass is 10.1. The summed E-state index contributed by atoms with van der Waals surface area (Å²) in [6, 6.07) is 14.5. The monoisotopic (exact) mass is 437 g/mol. The van der Waals surface area contributed by atoms with Crippen molar-refractivity contribution >= 4 is 53.4 Å². The number of H-pyrrole nitrogens is 1. The molecule has 0 aliphatic heterocycles. The molecule has 3 aromatic rings. The van der Waals surface area contributed by atoms with Crippen LogP contribution in [0.5, 0.6) is 0 Å². The Morgan fingerprint density at radius 2 is 1.75 bits per heavy atom. The number of aromatic amines is 1. The van der Waals surface area contributed by atoms with Crippen LogP contribution in [0.4, 0.5) is 5.69 Å². The van der Waals surface area contributed by atoms with Gasteiger partial charge in [0.25, 0.3) is 5.91 Å². The molecule has 6 nitrogen and oxygen atoms in total. The molecule has 9 heteroatoms. The van der Waals surface area contributed by atoms with E-state index in [1.807, 2.05) is 43.3 Å². The maximum absolute atomic E-state index is 12.2. The highest BCUT2D eigenvalue weighted by atomic mass is 35.5. The van der Waals surface area contributed by atoms with Crippen LogP contribution in [0.25, 0.3) is 11.3 Å². The van der Waals surface area contributed by atoms with E-state index in [-0.39, 0.29) is 18.1 Å². The van der Waals surface area contributed by atoms with Crippen LogP contribution in [-0.4, -0.2) is 36.4 Å². The first-order valence-corrected chi connectivity index (χ1v) is 8.80. The number of carbonyl (C=O) groups is 1. The average molecular weight is 439 g/mol. The Labute approximate surface area is 178 Å². The minimum absolute atomic E-state index is 0. The van der Waals surface area contributed by atoms with Crippen molar-refractivity contribution in [3.63, 3.8) is 0 Å². The molecule has 0 bridgehead atoms. The predicted octanol–water partition coefficient (Wildman–Crippen LogP) is 4.64. The summed E-state index contributed by atoms with van der Waals surface area (Å²) in [5, 5.41) is 11.8. The molecule has 0 spiro atoms. The summed E-state index contributed by atoms with van der Waals surface area (Å²) in [6.45, 7) is 0. The van der Waals surface area contributed by atoms with Crippen molar-refractivity contribution in [3.05, 3.63) is 69.8 Å². The number of hydrogen-bond donors (Lipinski definition) is 2. The van der Waals surface area contributed by atoms with Gasteiger partial charge in [0.2, 0.25) is 0 Å². The lowest BCUT2D eigenvalue weighted by Crippen LogP contribution is -2.18. The lowest BCUT2D eigenvalue weighted by molar-refractivity contribution is 0.0950. The third-order valence-electron chi connectivity index (χ3n) is 3.77. The number of nitrogens with zero attached hydrogens (tertiary/aromatic N) is 3. The van der Waals surface area contributed by atoms with E-state index in [4.69, 9.17) is 23.2 Å². The molecule has 0 saturated carbocycles. The first-order chi connectivity index (χ1) is 12.9. The average Bonchev–Trinajstić information content (AvgIpc) is 3.11. The Hall–Kier alpha value is -2.54. The van der Waals surface area contributed by atoms with E-state index >= 15 is 0 Å². The number of rotatable bonds is 5. The van der Waals surface area contributed by atoms with E-state index in [1.165, 1.54) is 0 Å². The van der Waals surface area contributed by atoms with Crippen molar-refractivity contribution < 1.29 is 4.79 Å². The third-order valence-corrected chi connectivity index (χ3v) is 4.21. The predicted molar refractivity (Wildman–Crippen MR) is 117 cm³/mol. The number of benzene rings is 2. The molecule has 28 heavy (non-hydrogen) atoms. The number of aromatic nitrogens is 2. The molecule has 1 amide bonds. The number of amides is 1. The van der Waals surface area contributed by atoms with Gasteiger partial charge >= 0.3 is 0 Å². The topological polar surface area (TPSA) is 73.4 Å². The molecule has 0 saturated heterocycles. The highest BCUT2D eigenvalue weighted by Gasteiger charge is 2.11. The van der Waals surface area contributed by atoms with Crippen molar-refractivity contribution in [2.75, 3.05) is 19.0 Å². The number of carbonyl (C=O) groups excluding carboxylic acids is 1. The first-order valence-electron chi connectivity index (χ1n) is 8.05. The maximum atomic E-state index is 12.2. The highest BCUT2D eigenvalue weighted by molar-refractivity contribution is 6.35. The Bertz CT molecular complexity index is 963. The van der Waals surface area contributed by atoms with E-state index in [2.05, 4.69) is 20.7 Å². The van der Waals surface area contributed by atoms with Gasteiger partial charge in [0.1, 0.15) is 5.69 Å². The number of nitrogens with one attached hydrogen (secondary N) is 2. The zero-order valence-corrected chi connectivity index (χ0v) is 17.4. The molecule has 0 atom stereocenters. The number of halogens is 3. The largest absolute Gasteiger partial charge is 0.378 e. The molecular weight excluding hydrogens is 421 g/mol. The summed E-state index contributed by atoms with van der Waals surface area (Å²) >= 11 is 12.0. The van der Waals surface area contributed by atoms with Gasteiger partial charge in [0.05, 0.1) is 11.9 Å². The lowest BCUT2D eigenvalue weighted by Gasteiger charge is -2.11. The fourth-order valence-corrected chi connectivity index (χ4v) is 2.90. The van der Waals surface area contributed by atoms with Crippen molar-refractivity contribution in [1.82, 2.24) is 15.6 Å². The molecule has 2 aromatic carbocycles. The molecule has 0 fully saturated rings. The van der Waals surface area contributed by atoms with Gasteiger partial charge in [0.15, 0.2) is 0 Å². The van der Waals surface area contributed by atoms with Crippen LogP contribution >= 0.6 is 35.6 Å². The fraction of sp³-hybridized carbons (Fsp3) is 0.105. The van der Waals surface area contributed by atoms with E-state index in [0.717, 1.165) is 11.3 Å². The maximum Gasteiger partial charge on any atom is 0.289 e. The van der Waals surface area contributed by atoms with Crippen molar-refractivity contribution in [2.45, 2.75) is 0 Å². The van der Waals surface area contributed by atoms with Crippen molar-refractivity contribution in [2.24, 2.45) is 5.10 Å². The Morgan fingerprint density at radius 1 is 1.11 bits per heavy atom. The van der Waals surface area contributed by atoms with Gasteiger partial charge in [-0.3, -0.25) is 9.89 Å². The highest BCUT2D eigenvalue weighted by Crippen LogP contribution is 2.26. The van der Waals surface area contributed by atoms with Crippen LogP contribution in [0.2, 0.25) is 10.0 Å². The van der Waals surface area contributed by atoms with Crippen LogP contribution in [0.15, 0.2) is 53.6 Å². The van der Waals surface area contributed by atoms with Crippen molar-refractivity contribution in [1.29, 1.82) is 0 Å². The Balaban J connectivity index is 0.00000280. The van der Waals surface area contributed by atoms with E-state index in [0.29, 0.717) is 21.3 Å². The second-order valence-corrected chi connectivity index (χ2v) is 6.88. The molecule has 1 heterocycles. The molecule has 3 rings (SSSR count). The smallest absolute Gasteiger partial charge is 0.289 e. The van der Waals surface area contributed by atoms with Crippen LogP contribution < -0.4 is 10.3 Å². The molecule has 146 valence electrons. The quantitative estimate of drug-likeness (QED) is 0.450. The molecule has 0 unspecified atom stereocenters. The summed E-state index contributed by atoms with van der Waals surface area (Å²) < 4.78 is 0. The minimum atomic E-state index is -0.400. The fourth-order valence-electron chi connectivity index (χ4n) is 2.37. The zero-order chi connectivity index (χ0) is 19.4. The van der Waals surface area contributed by atoms with Gasteiger partial charge < -0.3 is 4.90 Å². The summed E-state index contributed by atoms with van der Waals surface area (Å²) in [5.41, 5.74) is 5.99. The SMILES string of the molecule is CN(C)c1ccc(/C=N/NC(=O)c2cc(-c3cc(Cl)cc(Cl)c3)n[nH]2)cc1.Cl. The van der Waals surface area contributed by atoms with Crippen LogP contribution in [0.3, 0.4) is 0 Å². The van der Waals surface area contributed by atoms with Gasteiger partial charge in [0, 0.05) is 35.4 Å². The van der Waals surface area contributed by atoms with Crippen LogP contribution in [0.1, 0.15) is 16.1 Å². The Morgan fingerprint density at radius 3 is 2.36 bits per heavy atom. The van der Waals surface area contributed by atoms with Gasteiger partial charge in [-0.15, -0.1) is 12.4 Å². The first kappa shape index (κ1) is 21.8. The number of hydrazone groups is 1. The van der Waals surface area contributed by atoms with Gasteiger partial charge in [-0.25, -0.2) is 5.43 Å². The summed E-state index contributed by atoms with van der Waals surface area (Å²) in [7, 11) is 3.94. The molecule has 0 aliphatic carbocycles. The third kappa shape index (κ3) is 5.48. The van der Waals surface area contributed by atoms with E-state index in [9.17, 15) is 4.79 Å². The molecule has 0 aliphatic rings. The molecule has 1 aromatic heterocycles. The van der Waals surface area contributed by atoms with Crippen LogP contribution in [0, 0.1) is 0 Å². The van der Waals surface area contributed by atoms with Gasteiger partial charge in [-0.05, 0) is 42.0 Å². The number of hydrogen-bond acceptors (Lipinski definition) is 4. The summed E-state index contributed by atoms with van der Waals surface area (Å²) in [5.74, 6) is -0.400. The second-order valence-electron chi connectivity index (χ2n) is 6.01. The van der Waals surface area contributed by atoms with Gasteiger partial charge in [-0.2, -0.15) is 10.2 Å². The minimum Gasteiger partial charge on any atom is -0.378 e. The second kappa shape index (κ2) is 9.59. The summed E-state index contributed by atoms with van der Waals surface area (Å²) in [4.78, 5) is 14.2. The molecular formula is C19H18Cl3N5O. The Kier molecular flexibility index (Phi) is 7.45. The van der Waals surface area contributed by atoms with Gasteiger partial charge in [-0.1, -0.05) is 35.3 Å². The number of anilines is 1. The molecule has 2 N–H and O–H groups in total. The van der Waals surface area contributed by atoms with Crippen LogP contribution in [-0.2, 0) is 0 Å².